The second-order valence-corrected chi connectivity index (χ2v) is 8.23. The van der Waals surface area contributed by atoms with E-state index in [4.69, 9.17) is 0 Å². The first kappa shape index (κ1) is 18.0. The number of carbonyl (C=O) groups is 1. The van der Waals surface area contributed by atoms with Crippen molar-refractivity contribution in [3.05, 3.63) is 58.6 Å². The highest BCUT2D eigenvalue weighted by Crippen LogP contribution is 2.30. The maximum Gasteiger partial charge on any atom is 0.239 e. The van der Waals surface area contributed by atoms with Crippen LogP contribution in [0.2, 0.25) is 0 Å². The summed E-state index contributed by atoms with van der Waals surface area (Å²) in [5.74, 6) is -0.000837. The zero-order valence-electron chi connectivity index (χ0n) is 14.6. The van der Waals surface area contributed by atoms with Crippen molar-refractivity contribution in [1.82, 2.24) is 10.3 Å². The van der Waals surface area contributed by atoms with E-state index in [1.54, 1.807) is 6.21 Å². The van der Waals surface area contributed by atoms with Gasteiger partial charge in [0, 0.05) is 20.9 Å². The summed E-state index contributed by atoms with van der Waals surface area (Å²) in [7, 11) is 0. The van der Waals surface area contributed by atoms with Gasteiger partial charge in [-0.3, -0.25) is 4.79 Å². The lowest BCUT2D eigenvalue weighted by molar-refractivity contribution is -0.118. The van der Waals surface area contributed by atoms with Crippen molar-refractivity contribution in [2.45, 2.75) is 18.6 Å². The summed E-state index contributed by atoms with van der Waals surface area (Å²) in [6.45, 7) is 1.99. The molecule has 2 aromatic carbocycles. The number of hydrogen-bond donors (Lipinski definition) is 2. The second-order valence-electron chi connectivity index (χ2n) is 6.12. The zero-order chi connectivity index (χ0) is 18.8. The molecule has 1 aliphatic rings. The number of benzene rings is 2. The number of thioether (sulfide) groups is 1. The summed E-state index contributed by atoms with van der Waals surface area (Å²) in [5.41, 5.74) is 4.07. The van der Waals surface area contributed by atoms with Crippen molar-refractivity contribution in [2.24, 2.45) is 10.2 Å². The van der Waals surface area contributed by atoms with Gasteiger partial charge in [0.2, 0.25) is 5.91 Å². The number of hydrogen-bond acceptors (Lipinski definition) is 4. The molecule has 2 heterocycles. The molecule has 1 aromatic heterocycles. The first-order chi connectivity index (χ1) is 13.2. The number of aromatic nitrogens is 1. The molecule has 0 spiro atoms. The molecule has 1 unspecified atom stereocenters. The molecule has 1 aliphatic heterocycles. The van der Waals surface area contributed by atoms with Gasteiger partial charge < -0.3 is 10.3 Å². The van der Waals surface area contributed by atoms with Crippen LogP contribution >= 0.6 is 27.7 Å². The Kier molecular flexibility index (Phi) is 5.13. The van der Waals surface area contributed by atoms with E-state index < -0.39 is 0 Å². The number of nitrogens with one attached hydrogen (secondary N) is 2. The summed E-state index contributed by atoms with van der Waals surface area (Å²) in [6.07, 6.45) is 2.52. The molecule has 1 amide bonds. The molecule has 0 radical (unpaired) electrons. The van der Waals surface area contributed by atoms with Gasteiger partial charge in [-0.05, 0) is 30.2 Å². The standard InChI is InChI=1S/C20H17BrN4OS/c1-2-17-19(26)24-20(27-17)25-22-11-15-14-5-3-4-6-16(14)23-18(15)12-7-9-13(21)10-8-12/h3-11,17,23H,2H2,1H3,(H,24,25,26)/b22-11+. The number of nitrogens with zero attached hydrogens (tertiary/aromatic N) is 2. The quantitative estimate of drug-likeness (QED) is 0.445. The second kappa shape index (κ2) is 7.70. The van der Waals surface area contributed by atoms with Crippen LogP contribution in [0.4, 0.5) is 0 Å². The fourth-order valence-corrected chi connectivity index (χ4v) is 4.12. The van der Waals surface area contributed by atoms with Crippen LogP contribution < -0.4 is 5.32 Å². The Morgan fingerprint density at radius 1 is 1.19 bits per heavy atom. The van der Waals surface area contributed by atoms with Crippen molar-refractivity contribution in [1.29, 1.82) is 0 Å². The number of carbonyl (C=O) groups excluding carboxylic acids is 1. The molecule has 2 N–H and O–H groups in total. The minimum atomic E-state index is -0.0784. The predicted molar refractivity (Wildman–Crippen MR) is 116 cm³/mol. The van der Waals surface area contributed by atoms with Crippen LogP contribution in [0.25, 0.3) is 22.2 Å². The Morgan fingerprint density at radius 2 is 1.96 bits per heavy atom. The monoisotopic (exact) mass is 440 g/mol. The van der Waals surface area contributed by atoms with Gasteiger partial charge in [-0.15, -0.1) is 5.10 Å². The number of aromatic amines is 1. The third-order valence-electron chi connectivity index (χ3n) is 4.36. The molecule has 5 nitrogen and oxygen atoms in total. The van der Waals surface area contributed by atoms with Crippen molar-refractivity contribution in [3.8, 4) is 11.3 Å². The molecule has 1 fully saturated rings. The summed E-state index contributed by atoms with van der Waals surface area (Å²) < 4.78 is 1.03. The average molecular weight is 441 g/mol. The molecule has 0 aliphatic carbocycles. The predicted octanol–water partition coefficient (Wildman–Crippen LogP) is 4.93. The fourth-order valence-electron chi connectivity index (χ4n) is 3.00. The topological polar surface area (TPSA) is 69.6 Å². The van der Waals surface area contributed by atoms with Crippen molar-refractivity contribution < 1.29 is 4.79 Å². The summed E-state index contributed by atoms with van der Waals surface area (Å²) in [4.78, 5) is 15.2. The molecule has 0 bridgehead atoms. The van der Waals surface area contributed by atoms with Gasteiger partial charge >= 0.3 is 0 Å². The van der Waals surface area contributed by atoms with Crippen LogP contribution in [0.3, 0.4) is 0 Å². The number of rotatable bonds is 4. The highest BCUT2D eigenvalue weighted by Gasteiger charge is 2.28. The number of fused-ring (bicyclic) bond motifs is 1. The molecule has 1 saturated heterocycles. The van der Waals surface area contributed by atoms with Crippen LogP contribution in [0.15, 0.2) is 63.2 Å². The molecule has 7 heteroatoms. The van der Waals surface area contributed by atoms with E-state index in [1.165, 1.54) is 11.8 Å². The molecule has 3 aromatic rings. The van der Waals surface area contributed by atoms with E-state index in [1.807, 2.05) is 37.3 Å². The van der Waals surface area contributed by atoms with Gasteiger partial charge in [0.1, 0.15) is 0 Å². The van der Waals surface area contributed by atoms with Crippen molar-refractivity contribution in [2.75, 3.05) is 0 Å². The van der Waals surface area contributed by atoms with Gasteiger partial charge in [0.15, 0.2) is 5.17 Å². The van der Waals surface area contributed by atoms with E-state index in [0.717, 1.165) is 38.6 Å². The lowest BCUT2D eigenvalue weighted by Gasteiger charge is -2.01. The molecule has 27 heavy (non-hydrogen) atoms. The van der Waals surface area contributed by atoms with Crippen LogP contribution in [0.1, 0.15) is 18.9 Å². The third-order valence-corrected chi connectivity index (χ3v) is 6.13. The Balaban J connectivity index is 1.71. The Morgan fingerprint density at radius 3 is 2.70 bits per heavy atom. The lowest BCUT2D eigenvalue weighted by Crippen LogP contribution is -2.24. The van der Waals surface area contributed by atoms with Gasteiger partial charge in [-0.25, -0.2) is 0 Å². The molecule has 136 valence electrons. The normalized spacial score (nSPS) is 18.7. The molecular weight excluding hydrogens is 424 g/mol. The van der Waals surface area contributed by atoms with E-state index in [-0.39, 0.29) is 11.2 Å². The smallest absolute Gasteiger partial charge is 0.239 e. The number of amidine groups is 1. The fraction of sp³-hybridized carbons (Fsp3) is 0.150. The van der Waals surface area contributed by atoms with Gasteiger partial charge in [0.25, 0.3) is 0 Å². The maximum absolute atomic E-state index is 11.8. The van der Waals surface area contributed by atoms with E-state index in [0.29, 0.717) is 5.17 Å². The minimum absolute atomic E-state index is 0.000837. The minimum Gasteiger partial charge on any atom is -0.354 e. The summed E-state index contributed by atoms with van der Waals surface area (Å²) in [6, 6.07) is 16.2. The highest BCUT2D eigenvalue weighted by molar-refractivity contribution is 9.10. The van der Waals surface area contributed by atoms with Gasteiger partial charge in [-0.1, -0.05) is 64.9 Å². The SMILES string of the molecule is CCC1S/C(=N\N=C\c2c(-c3ccc(Br)cc3)[nH]c3ccccc23)NC1=O. The van der Waals surface area contributed by atoms with Crippen molar-refractivity contribution >= 4 is 55.9 Å². The molecule has 0 saturated carbocycles. The van der Waals surface area contributed by atoms with E-state index >= 15 is 0 Å². The molecular formula is C20H17BrN4OS. The number of amides is 1. The lowest BCUT2D eigenvalue weighted by atomic mass is 10.1. The van der Waals surface area contributed by atoms with Crippen LogP contribution in [-0.2, 0) is 4.79 Å². The van der Waals surface area contributed by atoms with Gasteiger partial charge in [0.05, 0.1) is 17.2 Å². The highest BCUT2D eigenvalue weighted by atomic mass is 79.9. The number of H-pyrrole nitrogens is 1. The Labute approximate surface area is 169 Å². The molecule has 4 rings (SSSR count). The first-order valence-electron chi connectivity index (χ1n) is 8.61. The number of para-hydroxylation sites is 1. The van der Waals surface area contributed by atoms with Crippen LogP contribution in [-0.4, -0.2) is 27.5 Å². The van der Waals surface area contributed by atoms with Crippen LogP contribution in [0.5, 0.6) is 0 Å². The largest absolute Gasteiger partial charge is 0.354 e. The van der Waals surface area contributed by atoms with Crippen molar-refractivity contribution in [3.63, 3.8) is 0 Å². The first-order valence-corrected chi connectivity index (χ1v) is 10.3. The maximum atomic E-state index is 11.8. The number of halogens is 1. The zero-order valence-corrected chi connectivity index (χ0v) is 17.0. The third kappa shape index (κ3) is 3.70. The Bertz CT molecular complexity index is 1060. The van der Waals surface area contributed by atoms with Gasteiger partial charge in [-0.2, -0.15) is 5.10 Å². The molecule has 1 atom stereocenters. The Hall–Kier alpha value is -2.38. The average Bonchev–Trinajstić information content (AvgIpc) is 3.23. The summed E-state index contributed by atoms with van der Waals surface area (Å²) >= 11 is 4.90. The van der Waals surface area contributed by atoms with E-state index in [9.17, 15) is 4.79 Å². The van der Waals surface area contributed by atoms with Crippen LogP contribution in [0, 0.1) is 0 Å². The van der Waals surface area contributed by atoms with E-state index in [2.05, 4.69) is 54.6 Å². The summed E-state index contributed by atoms with van der Waals surface area (Å²) in [5, 5.41) is 12.8.